The van der Waals surface area contributed by atoms with Crippen molar-refractivity contribution in [2.75, 3.05) is 11.5 Å². The van der Waals surface area contributed by atoms with E-state index in [4.69, 9.17) is 5.11 Å². The average Bonchev–Trinajstić information content (AvgIpc) is 2.69. The lowest BCUT2D eigenvalue weighted by atomic mass is 10.2. The van der Waals surface area contributed by atoms with Crippen LogP contribution in [-0.2, 0) is 19.7 Å². The Hall–Kier alpha value is -1.48. The molecule has 1 aliphatic heterocycles. The molecule has 1 fully saturated rings. The van der Waals surface area contributed by atoms with Gasteiger partial charge >= 0.3 is 5.97 Å². The summed E-state index contributed by atoms with van der Waals surface area (Å²) in [5.41, 5.74) is -0.375. The van der Waals surface area contributed by atoms with Crippen molar-refractivity contribution in [2.45, 2.75) is 16.6 Å². The summed E-state index contributed by atoms with van der Waals surface area (Å²) >= 11 is 0. The van der Waals surface area contributed by atoms with Crippen molar-refractivity contribution in [1.29, 1.82) is 0 Å². The van der Waals surface area contributed by atoms with E-state index in [0.717, 1.165) is 12.1 Å². The van der Waals surface area contributed by atoms with Crippen molar-refractivity contribution in [3.8, 4) is 0 Å². The first-order valence-corrected chi connectivity index (χ1v) is 8.97. The predicted molar refractivity (Wildman–Crippen MR) is 67.6 cm³/mol. The first-order valence-electron chi connectivity index (χ1n) is 5.61. The molecule has 0 spiro atoms. The van der Waals surface area contributed by atoms with E-state index in [1.54, 1.807) is 0 Å². The number of aromatic carboxylic acids is 1. The van der Waals surface area contributed by atoms with Gasteiger partial charge in [-0.3, -0.25) is 0 Å². The van der Waals surface area contributed by atoms with Crippen LogP contribution in [-0.4, -0.2) is 44.7 Å². The van der Waals surface area contributed by atoms with Gasteiger partial charge in [-0.2, -0.15) is 0 Å². The summed E-state index contributed by atoms with van der Waals surface area (Å²) in [6, 6.07) is 2.44. The minimum Gasteiger partial charge on any atom is -0.478 e. The fraction of sp³-hybridized carbons (Fsp3) is 0.364. The van der Waals surface area contributed by atoms with Gasteiger partial charge in [-0.05, 0) is 24.6 Å². The summed E-state index contributed by atoms with van der Waals surface area (Å²) in [7, 11) is -7.55. The molecule has 1 saturated heterocycles. The van der Waals surface area contributed by atoms with E-state index < -0.39 is 47.4 Å². The van der Waals surface area contributed by atoms with Crippen molar-refractivity contribution in [3.63, 3.8) is 0 Å². The lowest BCUT2D eigenvalue weighted by Crippen LogP contribution is -2.23. The molecule has 0 aromatic heterocycles. The number of hydrogen-bond acceptors (Lipinski definition) is 5. The summed E-state index contributed by atoms with van der Waals surface area (Å²) in [4.78, 5) is 10.00. The van der Waals surface area contributed by atoms with Crippen LogP contribution in [0.1, 0.15) is 16.8 Å². The Morgan fingerprint density at radius 3 is 2.45 bits per heavy atom. The second kappa shape index (κ2) is 4.81. The average molecular weight is 322 g/mol. The van der Waals surface area contributed by atoms with Gasteiger partial charge in [0, 0.05) is 0 Å². The minimum absolute atomic E-state index is 0.0786. The van der Waals surface area contributed by atoms with Crippen LogP contribution in [0.2, 0.25) is 0 Å². The van der Waals surface area contributed by atoms with Gasteiger partial charge in [-0.1, -0.05) is 0 Å². The third-order valence-corrected chi connectivity index (χ3v) is 7.32. The highest BCUT2D eigenvalue weighted by atomic mass is 32.2. The van der Waals surface area contributed by atoms with E-state index in [0.29, 0.717) is 6.07 Å². The highest BCUT2D eigenvalue weighted by Crippen LogP contribution is 2.27. The van der Waals surface area contributed by atoms with Crippen molar-refractivity contribution in [1.82, 2.24) is 0 Å². The molecule has 0 aliphatic carbocycles. The number of benzene rings is 1. The Kier molecular flexibility index (Phi) is 3.59. The lowest BCUT2D eigenvalue weighted by Gasteiger charge is -2.11. The molecule has 110 valence electrons. The minimum atomic E-state index is -4.13. The van der Waals surface area contributed by atoms with Gasteiger partial charge in [0.15, 0.2) is 19.7 Å². The molecule has 9 heteroatoms. The van der Waals surface area contributed by atoms with Gasteiger partial charge in [-0.15, -0.1) is 0 Å². The zero-order valence-electron chi connectivity index (χ0n) is 10.1. The summed E-state index contributed by atoms with van der Waals surface area (Å²) in [6.45, 7) is 0. The summed E-state index contributed by atoms with van der Waals surface area (Å²) in [5.74, 6) is -3.34. The second-order valence-corrected chi connectivity index (χ2v) is 8.95. The Labute approximate surface area is 115 Å². The molecule has 20 heavy (non-hydrogen) atoms. The van der Waals surface area contributed by atoms with Gasteiger partial charge in [-0.25, -0.2) is 26.0 Å². The first-order chi connectivity index (χ1) is 9.13. The molecule has 0 bridgehead atoms. The molecule has 0 saturated carbocycles. The number of carbonyl (C=O) groups is 1. The van der Waals surface area contributed by atoms with Crippen molar-refractivity contribution in [2.24, 2.45) is 0 Å². The Morgan fingerprint density at radius 2 is 2.00 bits per heavy atom. The molecule has 0 radical (unpaired) electrons. The molecule has 1 unspecified atom stereocenters. The highest BCUT2D eigenvalue weighted by molar-refractivity contribution is 7.96. The number of carboxylic acid groups (broad SMARTS) is 1. The molecule has 0 amide bonds. The molecule has 1 aromatic carbocycles. The third-order valence-electron chi connectivity index (χ3n) is 3.11. The predicted octanol–water partition coefficient (Wildman–Crippen LogP) is 0.485. The fourth-order valence-corrected chi connectivity index (χ4v) is 6.46. The van der Waals surface area contributed by atoms with Gasteiger partial charge in [0.1, 0.15) is 10.7 Å². The molecule has 6 nitrogen and oxygen atoms in total. The lowest BCUT2D eigenvalue weighted by molar-refractivity contribution is 0.0696. The maximum atomic E-state index is 13.8. The van der Waals surface area contributed by atoms with Gasteiger partial charge < -0.3 is 5.11 Å². The van der Waals surface area contributed by atoms with Crippen LogP contribution in [0.5, 0.6) is 0 Å². The first kappa shape index (κ1) is 14.9. The van der Waals surface area contributed by atoms with E-state index in [2.05, 4.69) is 0 Å². The van der Waals surface area contributed by atoms with Crippen molar-refractivity contribution in [3.05, 3.63) is 29.6 Å². The molecular formula is C11H11FO6S2. The number of halogens is 1. The SMILES string of the molecule is O=C(O)c1ccc(S(=O)(=O)C2CCS(=O)(=O)C2)c(F)c1. The number of hydrogen-bond donors (Lipinski definition) is 1. The largest absolute Gasteiger partial charge is 0.478 e. The normalized spacial score (nSPS) is 21.8. The van der Waals surface area contributed by atoms with Crippen LogP contribution in [0.4, 0.5) is 4.39 Å². The van der Waals surface area contributed by atoms with E-state index in [1.165, 1.54) is 0 Å². The van der Waals surface area contributed by atoms with Crippen LogP contribution in [0.15, 0.2) is 23.1 Å². The van der Waals surface area contributed by atoms with Gasteiger partial charge in [0.05, 0.1) is 22.3 Å². The quantitative estimate of drug-likeness (QED) is 0.868. The van der Waals surface area contributed by atoms with Crippen molar-refractivity contribution < 1.29 is 31.1 Å². The zero-order valence-corrected chi connectivity index (χ0v) is 11.7. The van der Waals surface area contributed by atoms with Crippen molar-refractivity contribution >= 4 is 25.6 Å². The van der Waals surface area contributed by atoms with E-state index in [1.807, 2.05) is 0 Å². The van der Waals surface area contributed by atoms with E-state index >= 15 is 0 Å². The van der Waals surface area contributed by atoms with Crippen LogP contribution in [0, 0.1) is 5.82 Å². The number of sulfone groups is 2. The summed E-state index contributed by atoms with van der Waals surface area (Å²) in [5, 5.41) is 7.50. The topological polar surface area (TPSA) is 106 Å². The summed E-state index contributed by atoms with van der Waals surface area (Å²) < 4.78 is 60.7. The Bertz CT molecular complexity index is 766. The van der Waals surface area contributed by atoms with Crippen LogP contribution in [0.3, 0.4) is 0 Å². The Balaban J connectivity index is 2.43. The number of rotatable bonds is 3. The Morgan fingerprint density at radius 1 is 1.35 bits per heavy atom. The third kappa shape index (κ3) is 2.68. The molecule has 1 aliphatic rings. The van der Waals surface area contributed by atoms with Crippen LogP contribution in [0.25, 0.3) is 0 Å². The molecule has 1 N–H and O–H groups in total. The summed E-state index contributed by atoms with van der Waals surface area (Å²) in [6.07, 6.45) is -0.0786. The monoisotopic (exact) mass is 322 g/mol. The molecule has 2 rings (SSSR count). The van der Waals surface area contributed by atoms with Gasteiger partial charge in [0.2, 0.25) is 0 Å². The molecule has 1 heterocycles. The van der Waals surface area contributed by atoms with E-state index in [-0.39, 0.29) is 17.7 Å². The maximum absolute atomic E-state index is 13.8. The zero-order chi connectivity index (χ0) is 15.1. The standard InChI is InChI=1S/C11H11FO6S2/c12-9-5-7(11(13)14)1-2-10(9)20(17,18)8-3-4-19(15,16)6-8/h1-2,5,8H,3-4,6H2,(H,13,14). The molecular weight excluding hydrogens is 311 g/mol. The molecule has 1 atom stereocenters. The highest BCUT2D eigenvalue weighted by Gasteiger charge is 2.39. The maximum Gasteiger partial charge on any atom is 0.335 e. The molecule has 1 aromatic rings. The smallest absolute Gasteiger partial charge is 0.335 e. The second-order valence-electron chi connectivity index (χ2n) is 4.52. The fourth-order valence-electron chi connectivity index (χ4n) is 2.05. The van der Waals surface area contributed by atoms with E-state index in [9.17, 15) is 26.0 Å². The van der Waals surface area contributed by atoms with Crippen LogP contribution < -0.4 is 0 Å². The number of carboxylic acids is 1. The van der Waals surface area contributed by atoms with Gasteiger partial charge in [0.25, 0.3) is 0 Å². The van der Waals surface area contributed by atoms with Crippen LogP contribution >= 0.6 is 0 Å².